The van der Waals surface area contributed by atoms with E-state index in [1.165, 1.54) is 0 Å². The third kappa shape index (κ3) is 6.29. The number of hydrogen-bond acceptors (Lipinski definition) is 4. The minimum absolute atomic E-state index is 0.00463. The predicted molar refractivity (Wildman–Crippen MR) is 91.6 cm³/mol. The summed E-state index contributed by atoms with van der Waals surface area (Å²) in [5.74, 6) is -0.428. The Labute approximate surface area is 142 Å². The molecule has 24 heavy (non-hydrogen) atoms. The molecule has 2 N–H and O–H groups in total. The average Bonchev–Trinajstić information content (AvgIpc) is 3.20. The Bertz CT molecular complexity index is 700. The third-order valence-corrected chi connectivity index (χ3v) is 4.38. The summed E-state index contributed by atoms with van der Waals surface area (Å²) >= 11 is 0. The maximum atomic E-state index is 12.0. The van der Waals surface area contributed by atoms with E-state index in [0.29, 0.717) is 17.2 Å². The Hall–Kier alpha value is -1.93. The van der Waals surface area contributed by atoms with Crippen LogP contribution < -0.4 is 5.32 Å². The van der Waals surface area contributed by atoms with Gasteiger partial charge in [0.1, 0.15) is 0 Å². The summed E-state index contributed by atoms with van der Waals surface area (Å²) < 4.78 is 28.2. The molecule has 134 valence electrons. The van der Waals surface area contributed by atoms with E-state index in [0.717, 1.165) is 6.54 Å². The molecule has 8 heteroatoms. The van der Waals surface area contributed by atoms with E-state index in [1.54, 1.807) is 50.1 Å². The highest BCUT2D eigenvalue weighted by molar-refractivity contribution is 7.85. The smallest absolute Gasteiger partial charge is 0.265 e. The van der Waals surface area contributed by atoms with Crippen molar-refractivity contribution in [1.82, 2.24) is 10.2 Å². The standard InChI is InChI=1S/C12H14N2O2.C4H10O3S/c1-8-7-14(8)12(16)10-6-4-3-5-9(10)11(15)13-2;1-4(2)3-8(5,6)7/h3-6,8H,7H2,1-2H3,(H,13,15);4H,3H2,1-2H3,(H,5,6,7). The first-order valence-electron chi connectivity index (χ1n) is 7.64. The summed E-state index contributed by atoms with van der Waals surface area (Å²) in [6.45, 7) is 6.23. The fourth-order valence-electron chi connectivity index (χ4n) is 2.10. The Kier molecular flexibility index (Phi) is 6.92. The van der Waals surface area contributed by atoms with Crippen LogP contribution in [0.5, 0.6) is 0 Å². The van der Waals surface area contributed by atoms with E-state index in [1.807, 2.05) is 6.92 Å². The Morgan fingerprint density at radius 1 is 1.29 bits per heavy atom. The summed E-state index contributed by atoms with van der Waals surface area (Å²) in [4.78, 5) is 25.3. The Morgan fingerprint density at radius 3 is 2.12 bits per heavy atom. The second kappa shape index (κ2) is 8.25. The van der Waals surface area contributed by atoms with Crippen molar-refractivity contribution in [1.29, 1.82) is 0 Å². The highest BCUT2D eigenvalue weighted by atomic mass is 32.2. The van der Waals surface area contributed by atoms with Crippen LogP contribution in [0.3, 0.4) is 0 Å². The zero-order valence-electron chi connectivity index (χ0n) is 14.3. The first-order valence-corrected chi connectivity index (χ1v) is 9.25. The lowest BCUT2D eigenvalue weighted by Gasteiger charge is -2.08. The van der Waals surface area contributed by atoms with E-state index in [9.17, 15) is 18.0 Å². The van der Waals surface area contributed by atoms with Crippen LogP contribution in [0.4, 0.5) is 0 Å². The van der Waals surface area contributed by atoms with Crippen LogP contribution in [0.2, 0.25) is 0 Å². The van der Waals surface area contributed by atoms with E-state index >= 15 is 0 Å². The molecule has 1 heterocycles. The van der Waals surface area contributed by atoms with E-state index < -0.39 is 10.1 Å². The van der Waals surface area contributed by atoms with Gasteiger partial charge in [0.2, 0.25) is 0 Å². The van der Waals surface area contributed by atoms with E-state index in [2.05, 4.69) is 5.32 Å². The minimum Gasteiger partial charge on any atom is -0.355 e. The van der Waals surface area contributed by atoms with Gasteiger partial charge in [-0.1, -0.05) is 26.0 Å². The lowest BCUT2D eigenvalue weighted by atomic mass is 10.1. The number of nitrogens with one attached hydrogen (secondary N) is 1. The van der Waals surface area contributed by atoms with Gasteiger partial charge >= 0.3 is 0 Å². The van der Waals surface area contributed by atoms with Gasteiger partial charge in [0.05, 0.1) is 16.9 Å². The van der Waals surface area contributed by atoms with Crippen LogP contribution in [0.1, 0.15) is 41.5 Å². The van der Waals surface area contributed by atoms with Crippen LogP contribution in [0.25, 0.3) is 0 Å². The molecule has 0 bridgehead atoms. The molecule has 1 unspecified atom stereocenters. The summed E-state index contributed by atoms with van der Waals surface area (Å²) in [6.07, 6.45) is 0. The molecule has 1 aliphatic heterocycles. The minimum atomic E-state index is -3.72. The zero-order valence-corrected chi connectivity index (χ0v) is 15.1. The van der Waals surface area contributed by atoms with Gasteiger partial charge in [0.25, 0.3) is 21.9 Å². The van der Waals surface area contributed by atoms with Gasteiger partial charge in [-0.25, -0.2) is 0 Å². The Morgan fingerprint density at radius 2 is 1.79 bits per heavy atom. The normalized spacial score (nSPS) is 16.2. The molecule has 1 saturated heterocycles. The summed E-state index contributed by atoms with van der Waals surface area (Å²) in [5, 5.41) is 2.54. The molecule has 7 nitrogen and oxygen atoms in total. The highest BCUT2D eigenvalue weighted by Gasteiger charge is 2.35. The van der Waals surface area contributed by atoms with Crippen molar-refractivity contribution in [2.75, 3.05) is 19.3 Å². The molecule has 0 saturated carbocycles. The van der Waals surface area contributed by atoms with Gasteiger partial charge in [-0.2, -0.15) is 8.42 Å². The molecule has 1 aliphatic rings. The van der Waals surface area contributed by atoms with Crippen LogP contribution in [0, 0.1) is 5.92 Å². The SMILES string of the molecule is CC(C)CS(=O)(=O)O.CNC(=O)c1ccccc1C(=O)N1CC1C. The molecule has 0 spiro atoms. The lowest BCUT2D eigenvalue weighted by Crippen LogP contribution is -2.23. The molecule has 1 aromatic carbocycles. The molecule has 2 amide bonds. The van der Waals surface area contributed by atoms with Gasteiger partial charge in [0, 0.05) is 19.6 Å². The molecule has 0 radical (unpaired) electrons. The number of amides is 2. The van der Waals surface area contributed by atoms with Gasteiger partial charge in [-0.05, 0) is 25.0 Å². The first-order chi connectivity index (χ1) is 11.1. The van der Waals surface area contributed by atoms with Crippen molar-refractivity contribution in [3.63, 3.8) is 0 Å². The van der Waals surface area contributed by atoms with Crippen molar-refractivity contribution in [2.24, 2.45) is 5.92 Å². The van der Waals surface area contributed by atoms with Crippen LogP contribution >= 0.6 is 0 Å². The quantitative estimate of drug-likeness (QED) is 0.627. The van der Waals surface area contributed by atoms with Crippen LogP contribution in [-0.4, -0.2) is 55.1 Å². The van der Waals surface area contributed by atoms with Crippen LogP contribution in [0.15, 0.2) is 24.3 Å². The largest absolute Gasteiger partial charge is 0.355 e. The maximum Gasteiger partial charge on any atom is 0.265 e. The van der Waals surface area contributed by atoms with Crippen molar-refractivity contribution >= 4 is 21.9 Å². The highest BCUT2D eigenvalue weighted by Crippen LogP contribution is 2.22. The fourth-order valence-corrected chi connectivity index (χ4v) is 2.94. The van der Waals surface area contributed by atoms with Crippen molar-refractivity contribution in [2.45, 2.75) is 26.8 Å². The second-order valence-corrected chi connectivity index (χ2v) is 7.57. The number of hydrogen-bond donors (Lipinski definition) is 2. The van der Waals surface area contributed by atoms with Crippen molar-refractivity contribution in [3.05, 3.63) is 35.4 Å². The summed E-state index contributed by atoms with van der Waals surface area (Å²) in [7, 11) is -2.16. The molecule has 0 aliphatic carbocycles. The molecule has 1 fully saturated rings. The van der Waals surface area contributed by atoms with Gasteiger partial charge in [-0.3, -0.25) is 14.1 Å². The first kappa shape index (κ1) is 20.1. The molecule has 1 aromatic rings. The number of benzene rings is 1. The lowest BCUT2D eigenvalue weighted by molar-refractivity contribution is 0.0864. The maximum absolute atomic E-state index is 12.0. The van der Waals surface area contributed by atoms with Gasteiger partial charge in [0.15, 0.2) is 0 Å². The number of rotatable bonds is 4. The summed E-state index contributed by atoms with van der Waals surface area (Å²) in [6, 6.07) is 7.18. The van der Waals surface area contributed by atoms with E-state index in [-0.39, 0.29) is 23.5 Å². The second-order valence-electron chi connectivity index (χ2n) is 6.07. The predicted octanol–water partition coefficient (Wildman–Crippen LogP) is 1.42. The monoisotopic (exact) mass is 356 g/mol. The number of carbonyl (C=O) groups excluding carboxylic acids is 2. The molecular weight excluding hydrogens is 332 g/mol. The van der Waals surface area contributed by atoms with Crippen LogP contribution in [-0.2, 0) is 10.1 Å². The molecule has 1 atom stereocenters. The van der Waals surface area contributed by atoms with E-state index in [4.69, 9.17) is 4.55 Å². The number of carbonyl (C=O) groups is 2. The zero-order chi connectivity index (χ0) is 18.5. The van der Waals surface area contributed by atoms with Gasteiger partial charge in [-0.15, -0.1) is 0 Å². The average molecular weight is 356 g/mol. The van der Waals surface area contributed by atoms with Gasteiger partial charge < -0.3 is 10.2 Å². The third-order valence-electron chi connectivity index (χ3n) is 3.29. The fraction of sp³-hybridized carbons (Fsp3) is 0.500. The van der Waals surface area contributed by atoms with Crippen molar-refractivity contribution < 1.29 is 22.6 Å². The molecule has 0 aromatic heterocycles. The topological polar surface area (TPSA) is 104 Å². The van der Waals surface area contributed by atoms with Crippen molar-refractivity contribution in [3.8, 4) is 0 Å². The molecular formula is C16H24N2O5S. The molecule has 2 rings (SSSR count). The Balaban J connectivity index is 0.000000307. The summed E-state index contributed by atoms with van der Waals surface area (Å²) in [5.41, 5.74) is 0.917. The number of nitrogens with zero attached hydrogens (tertiary/aromatic N) is 1.